The molecule has 0 saturated carbocycles. The van der Waals surface area contributed by atoms with Crippen molar-refractivity contribution in [1.82, 2.24) is 9.88 Å². The lowest BCUT2D eigenvalue weighted by Crippen LogP contribution is -2.37. The fourth-order valence-corrected chi connectivity index (χ4v) is 2.07. The zero-order chi connectivity index (χ0) is 13.1. The average molecular weight is 246 g/mol. The molecule has 0 bridgehead atoms. The van der Waals surface area contributed by atoms with Crippen molar-refractivity contribution in [3.63, 3.8) is 0 Å². The summed E-state index contributed by atoms with van der Waals surface area (Å²) in [5.74, 6) is -0.0824. The lowest BCUT2D eigenvalue weighted by Gasteiger charge is -2.13. The van der Waals surface area contributed by atoms with Crippen molar-refractivity contribution in [2.75, 3.05) is 6.61 Å². The van der Waals surface area contributed by atoms with Gasteiger partial charge in [0.05, 0.1) is 6.61 Å². The normalized spacial score (nSPS) is 12.6. The number of aliphatic hydroxyl groups is 1. The number of aliphatic hydroxyl groups excluding tert-OH is 1. The van der Waals surface area contributed by atoms with Gasteiger partial charge in [0, 0.05) is 17.3 Å². The molecule has 1 atom stereocenters. The first-order chi connectivity index (χ1) is 8.61. The summed E-state index contributed by atoms with van der Waals surface area (Å²) < 4.78 is 1.98. The Bertz CT molecular complexity index is 560. The molecule has 1 aromatic carbocycles. The van der Waals surface area contributed by atoms with Crippen LogP contribution in [0.4, 0.5) is 0 Å². The Morgan fingerprint density at radius 2 is 2.17 bits per heavy atom. The number of amides is 1. The molecule has 2 rings (SSSR count). The molecule has 18 heavy (non-hydrogen) atoms. The molecule has 0 aliphatic carbocycles. The Kier molecular flexibility index (Phi) is 3.67. The summed E-state index contributed by atoms with van der Waals surface area (Å²) in [5, 5.41) is 12.8. The molecule has 0 unspecified atom stereocenters. The molecule has 1 aromatic heterocycles. The zero-order valence-electron chi connectivity index (χ0n) is 10.7. The second kappa shape index (κ2) is 5.23. The maximum absolute atomic E-state index is 11.8. The Morgan fingerprint density at radius 3 is 2.89 bits per heavy atom. The molecule has 0 saturated heterocycles. The molecule has 1 amide bonds. The number of aromatic nitrogens is 1. The van der Waals surface area contributed by atoms with Gasteiger partial charge in [-0.05, 0) is 31.4 Å². The number of nitrogens with one attached hydrogen (secondary N) is 1. The van der Waals surface area contributed by atoms with E-state index in [9.17, 15) is 4.79 Å². The van der Waals surface area contributed by atoms with E-state index in [4.69, 9.17) is 5.11 Å². The standard InChI is InChI=1S/C14H18N2O2/c1-10(9-17)15-14(18)8-16-11(2)7-12-5-3-4-6-13(12)16/h3-7,10,17H,8-9H2,1-2H3,(H,15,18)/t10-/m1/s1. The molecule has 1 heterocycles. The summed E-state index contributed by atoms with van der Waals surface area (Å²) in [5.41, 5.74) is 2.12. The van der Waals surface area contributed by atoms with Crippen molar-refractivity contribution in [3.8, 4) is 0 Å². The Morgan fingerprint density at radius 1 is 1.44 bits per heavy atom. The van der Waals surface area contributed by atoms with E-state index in [0.717, 1.165) is 16.6 Å². The van der Waals surface area contributed by atoms with Gasteiger partial charge < -0.3 is 15.0 Å². The van der Waals surface area contributed by atoms with Gasteiger partial charge in [0.15, 0.2) is 0 Å². The van der Waals surface area contributed by atoms with Crippen molar-refractivity contribution in [2.24, 2.45) is 0 Å². The predicted molar refractivity (Wildman–Crippen MR) is 71.4 cm³/mol. The van der Waals surface area contributed by atoms with Crippen LogP contribution in [0.25, 0.3) is 10.9 Å². The molecule has 4 nitrogen and oxygen atoms in total. The molecule has 96 valence electrons. The molecule has 2 N–H and O–H groups in total. The summed E-state index contributed by atoms with van der Waals surface area (Å²) >= 11 is 0. The van der Waals surface area contributed by atoms with Crippen molar-refractivity contribution in [3.05, 3.63) is 36.0 Å². The van der Waals surface area contributed by atoms with E-state index in [2.05, 4.69) is 11.4 Å². The van der Waals surface area contributed by atoms with E-state index in [1.54, 1.807) is 6.92 Å². The van der Waals surface area contributed by atoms with Crippen LogP contribution in [-0.4, -0.2) is 28.2 Å². The predicted octanol–water partition coefficient (Wildman–Crippen LogP) is 1.45. The number of rotatable bonds is 4. The van der Waals surface area contributed by atoms with Crippen molar-refractivity contribution in [2.45, 2.75) is 26.4 Å². The van der Waals surface area contributed by atoms with Crippen LogP contribution in [0.3, 0.4) is 0 Å². The fraction of sp³-hybridized carbons (Fsp3) is 0.357. The van der Waals surface area contributed by atoms with E-state index in [-0.39, 0.29) is 25.1 Å². The smallest absolute Gasteiger partial charge is 0.240 e. The number of carbonyl (C=O) groups is 1. The molecule has 4 heteroatoms. The van der Waals surface area contributed by atoms with Crippen LogP contribution in [-0.2, 0) is 11.3 Å². The Labute approximate surface area is 106 Å². The minimum absolute atomic E-state index is 0.0445. The average Bonchev–Trinajstić information content (AvgIpc) is 2.66. The van der Waals surface area contributed by atoms with E-state index < -0.39 is 0 Å². The van der Waals surface area contributed by atoms with Crippen LogP contribution in [0, 0.1) is 6.92 Å². The van der Waals surface area contributed by atoms with Crippen LogP contribution in [0.2, 0.25) is 0 Å². The number of fused-ring (bicyclic) bond motifs is 1. The number of hydrogen-bond donors (Lipinski definition) is 2. The zero-order valence-corrected chi connectivity index (χ0v) is 10.7. The highest BCUT2D eigenvalue weighted by Crippen LogP contribution is 2.18. The topological polar surface area (TPSA) is 54.3 Å². The Hall–Kier alpha value is -1.81. The largest absolute Gasteiger partial charge is 0.394 e. The van der Waals surface area contributed by atoms with E-state index in [0.29, 0.717) is 0 Å². The third kappa shape index (κ3) is 2.54. The van der Waals surface area contributed by atoms with Gasteiger partial charge in [-0.15, -0.1) is 0 Å². The van der Waals surface area contributed by atoms with Crippen LogP contribution in [0.15, 0.2) is 30.3 Å². The van der Waals surface area contributed by atoms with Crippen molar-refractivity contribution >= 4 is 16.8 Å². The van der Waals surface area contributed by atoms with Crippen LogP contribution >= 0.6 is 0 Å². The summed E-state index contributed by atoms with van der Waals surface area (Å²) in [6, 6.07) is 9.85. The number of aryl methyl sites for hydroxylation is 1. The van der Waals surface area contributed by atoms with Gasteiger partial charge in [0.25, 0.3) is 0 Å². The molecular formula is C14H18N2O2. The highest BCUT2D eigenvalue weighted by Gasteiger charge is 2.10. The van der Waals surface area contributed by atoms with Gasteiger partial charge >= 0.3 is 0 Å². The van der Waals surface area contributed by atoms with Gasteiger partial charge in [0.1, 0.15) is 6.54 Å². The number of para-hydroxylation sites is 1. The van der Waals surface area contributed by atoms with Crippen LogP contribution < -0.4 is 5.32 Å². The van der Waals surface area contributed by atoms with Gasteiger partial charge in [0.2, 0.25) is 5.91 Å². The van der Waals surface area contributed by atoms with Gasteiger partial charge in [-0.3, -0.25) is 4.79 Å². The molecule has 0 aliphatic rings. The third-order valence-electron chi connectivity index (χ3n) is 3.00. The summed E-state index contributed by atoms with van der Waals surface area (Å²) in [6.45, 7) is 4.00. The molecule has 0 spiro atoms. The van der Waals surface area contributed by atoms with Gasteiger partial charge in [-0.2, -0.15) is 0 Å². The quantitative estimate of drug-likeness (QED) is 0.858. The van der Waals surface area contributed by atoms with Gasteiger partial charge in [-0.25, -0.2) is 0 Å². The van der Waals surface area contributed by atoms with E-state index in [1.165, 1.54) is 0 Å². The number of nitrogens with zero attached hydrogens (tertiary/aromatic N) is 1. The highest BCUT2D eigenvalue weighted by molar-refractivity contribution is 5.84. The molecule has 2 aromatic rings. The Balaban J connectivity index is 2.21. The molecule has 0 fully saturated rings. The van der Waals surface area contributed by atoms with Crippen LogP contribution in [0.1, 0.15) is 12.6 Å². The first kappa shape index (κ1) is 12.6. The summed E-state index contributed by atoms with van der Waals surface area (Å²) in [6.07, 6.45) is 0. The lowest BCUT2D eigenvalue weighted by molar-refractivity contribution is -0.122. The SMILES string of the molecule is Cc1cc2ccccc2n1CC(=O)N[C@H](C)CO. The van der Waals surface area contributed by atoms with Gasteiger partial charge in [-0.1, -0.05) is 18.2 Å². The van der Waals surface area contributed by atoms with E-state index >= 15 is 0 Å². The lowest BCUT2D eigenvalue weighted by atomic mass is 10.2. The second-order valence-corrected chi connectivity index (χ2v) is 4.58. The summed E-state index contributed by atoms with van der Waals surface area (Å²) in [7, 11) is 0. The first-order valence-corrected chi connectivity index (χ1v) is 6.07. The minimum Gasteiger partial charge on any atom is -0.394 e. The molecular weight excluding hydrogens is 228 g/mol. The maximum atomic E-state index is 11.8. The number of hydrogen-bond acceptors (Lipinski definition) is 2. The third-order valence-corrected chi connectivity index (χ3v) is 3.00. The molecule has 0 aliphatic heterocycles. The number of carbonyl (C=O) groups excluding carboxylic acids is 1. The monoisotopic (exact) mass is 246 g/mol. The number of benzene rings is 1. The summed E-state index contributed by atoms with van der Waals surface area (Å²) in [4.78, 5) is 11.8. The van der Waals surface area contributed by atoms with Crippen LogP contribution in [0.5, 0.6) is 0 Å². The molecule has 0 radical (unpaired) electrons. The fourth-order valence-electron chi connectivity index (χ4n) is 2.07. The minimum atomic E-state index is -0.209. The second-order valence-electron chi connectivity index (χ2n) is 4.58. The maximum Gasteiger partial charge on any atom is 0.240 e. The highest BCUT2D eigenvalue weighted by atomic mass is 16.3. The van der Waals surface area contributed by atoms with Crippen molar-refractivity contribution < 1.29 is 9.90 Å². The van der Waals surface area contributed by atoms with E-state index in [1.807, 2.05) is 35.8 Å². The van der Waals surface area contributed by atoms with Crippen molar-refractivity contribution in [1.29, 1.82) is 0 Å². The first-order valence-electron chi connectivity index (χ1n) is 6.07.